The van der Waals surface area contributed by atoms with Crippen LogP contribution in [0.2, 0.25) is 10.0 Å². The Bertz CT molecular complexity index is 1200. The van der Waals surface area contributed by atoms with Crippen LogP contribution in [0.4, 0.5) is 5.69 Å². The summed E-state index contributed by atoms with van der Waals surface area (Å²) in [5.74, 6) is -2.36. The van der Waals surface area contributed by atoms with Gasteiger partial charge in [0, 0.05) is 15.1 Å². The van der Waals surface area contributed by atoms with Crippen molar-refractivity contribution in [2.45, 2.75) is 0 Å². The van der Waals surface area contributed by atoms with E-state index in [0.717, 1.165) is 0 Å². The van der Waals surface area contributed by atoms with Crippen molar-refractivity contribution in [3.63, 3.8) is 0 Å². The Morgan fingerprint density at radius 3 is 2.44 bits per heavy atom. The number of carbonyl (C=O) groups excluding carboxylic acids is 3. The average Bonchev–Trinajstić information content (AvgIpc) is 2.78. The van der Waals surface area contributed by atoms with Crippen LogP contribution in [0.15, 0.2) is 76.3 Å². The highest BCUT2D eigenvalue weighted by Gasteiger charge is 2.15. The van der Waals surface area contributed by atoms with Crippen molar-refractivity contribution in [1.82, 2.24) is 5.43 Å². The van der Waals surface area contributed by atoms with E-state index in [4.69, 9.17) is 27.9 Å². The number of benzene rings is 3. The smallest absolute Gasteiger partial charge is 0.343 e. The van der Waals surface area contributed by atoms with Gasteiger partial charge in [-0.1, -0.05) is 57.3 Å². The van der Waals surface area contributed by atoms with Gasteiger partial charge in [-0.15, -0.1) is 0 Å². The summed E-state index contributed by atoms with van der Waals surface area (Å²) in [6, 6.07) is 17.8. The number of amides is 2. The molecule has 0 atom stereocenters. The molecule has 0 saturated carbocycles. The molecule has 0 spiro atoms. The topological polar surface area (TPSA) is 96.9 Å². The van der Waals surface area contributed by atoms with Crippen molar-refractivity contribution in [1.29, 1.82) is 0 Å². The van der Waals surface area contributed by atoms with Crippen LogP contribution >= 0.6 is 39.1 Å². The molecule has 0 fully saturated rings. The first-order chi connectivity index (χ1) is 15.3. The van der Waals surface area contributed by atoms with Crippen molar-refractivity contribution in [3.05, 3.63) is 92.4 Å². The zero-order valence-corrected chi connectivity index (χ0v) is 19.2. The number of halogens is 3. The maximum atomic E-state index is 12.3. The van der Waals surface area contributed by atoms with E-state index in [0.29, 0.717) is 20.6 Å². The first-order valence-electron chi connectivity index (χ1n) is 8.99. The quantitative estimate of drug-likeness (QED) is 0.157. The third-order valence-corrected chi connectivity index (χ3v) is 4.99. The monoisotopic (exact) mass is 533 g/mol. The van der Waals surface area contributed by atoms with Crippen molar-refractivity contribution >= 4 is 68.8 Å². The Hall–Kier alpha value is -3.20. The molecule has 0 radical (unpaired) electrons. The number of hydrogen-bond donors (Lipinski definition) is 2. The normalized spacial score (nSPS) is 10.6. The molecule has 10 heteroatoms. The second kappa shape index (κ2) is 10.9. The molecule has 3 aromatic carbocycles. The third kappa shape index (κ3) is 6.40. The minimum absolute atomic E-state index is 0.186. The Balaban J connectivity index is 1.67. The van der Waals surface area contributed by atoms with Crippen molar-refractivity contribution in [2.75, 3.05) is 5.32 Å². The molecule has 0 aliphatic carbocycles. The van der Waals surface area contributed by atoms with Crippen LogP contribution in [0, 0.1) is 0 Å². The SMILES string of the molecule is O=C(N/N=C\c1cc(Br)ccc1OC(=O)c1ccccc1)C(=O)Nc1cc(Cl)ccc1Cl. The summed E-state index contributed by atoms with van der Waals surface area (Å²) in [5, 5.41) is 6.68. The van der Waals surface area contributed by atoms with Gasteiger partial charge < -0.3 is 10.1 Å². The molecule has 0 aliphatic heterocycles. The maximum absolute atomic E-state index is 12.3. The van der Waals surface area contributed by atoms with E-state index >= 15 is 0 Å². The van der Waals surface area contributed by atoms with Gasteiger partial charge >= 0.3 is 17.8 Å². The molecule has 0 bridgehead atoms. The minimum atomic E-state index is -1.03. The second-order valence-electron chi connectivity index (χ2n) is 6.22. The van der Waals surface area contributed by atoms with Crippen molar-refractivity contribution < 1.29 is 19.1 Å². The van der Waals surface area contributed by atoms with Gasteiger partial charge in [0.15, 0.2) is 0 Å². The number of rotatable bonds is 5. The summed E-state index contributed by atoms with van der Waals surface area (Å²) in [7, 11) is 0. The Morgan fingerprint density at radius 1 is 0.938 bits per heavy atom. The van der Waals surface area contributed by atoms with E-state index in [9.17, 15) is 14.4 Å². The van der Waals surface area contributed by atoms with Crippen molar-refractivity contribution in [2.24, 2.45) is 5.10 Å². The number of hydrazone groups is 1. The Morgan fingerprint density at radius 2 is 1.69 bits per heavy atom. The van der Waals surface area contributed by atoms with Crippen LogP contribution in [0.5, 0.6) is 5.75 Å². The summed E-state index contributed by atoms with van der Waals surface area (Å²) in [4.78, 5) is 36.4. The summed E-state index contributed by atoms with van der Waals surface area (Å²) in [5.41, 5.74) is 3.06. The molecule has 162 valence electrons. The number of hydrogen-bond acceptors (Lipinski definition) is 5. The summed E-state index contributed by atoms with van der Waals surface area (Å²) < 4.78 is 6.12. The van der Waals surface area contributed by atoms with Crippen LogP contribution in [0.3, 0.4) is 0 Å². The summed E-state index contributed by atoms with van der Waals surface area (Å²) in [6.07, 6.45) is 1.25. The molecular weight excluding hydrogens is 521 g/mol. The van der Waals surface area contributed by atoms with Gasteiger partial charge in [0.2, 0.25) is 0 Å². The first-order valence-corrected chi connectivity index (χ1v) is 10.5. The predicted octanol–water partition coefficient (Wildman–Crippen LogP) is 5.06. The highest BCUT2D eigenvalue weighted by Crippen LogP contribution is 2.25. The van der Waals surface area contributed by atoms with E-state index < -0.39 is 17.8 Å². The number of nitrogens with zero attached hydrogens (tertiary/aromatic N) is 1. The molecule has 2 N–H and O–H groups in total. The molecule has 3 aromatic rings. The molecule has 32 heavy (non-hydrogen) atoms. The number of anilines is 1. The van der Waals surface area contributed by atoms with Crippen LogP contribution < -0.4 is 15.5 Å². The van der Waals surface area contributed by atoms with E-state index in [2.05, 4.69) is 31.8 Å². The third-order valence-electron chi connectivity index (χ3n) is 3.94. The fourth-order valence-electron chi connectivity index (χ4n) is 2.43. The van der Waals surface area contributed by atoms with Crippen molar-refractivity contribution in [3.8, 4) is 5.75 Å². The lowest BCUT2D eigenvalue weighted by Gasteiger charge is -2.08. The Labute approximate surface area is 201 Å². The predicted molar refractivity (Wildman–Crippen MR) is 126 cm³/mol. The molecule has 0 aromatic heterocycles. The Kier molecular flexibility index (Phi) is 7.99. The molecule has 0 unspecified atom stereocenters. The highest BCUT2D eigenvalue weighted by atomic mass is 79.9. The number of carbonyl (C=O) groups is 3. The standard InChI is InChI=1S/C22H14BrCl2N3O4/c23-15-6-9-19(32-22(31)13-4-2-1-3-5-13)14(10-15)12-26-28-21(30)20(29)27-18-11-16(24)7-8-17(18)25/h1-12H,(H,27,29)(H,28,30)/b26-12-. The minimum Gasteiger partial charge on any atom is -0.422 e. The van der Waals surface area contributed by atoms with Gasteiger partial charge in [-0.3, -0.25) is 9.59 Å². The van der Waals surface area contributed by atoms with E-state index in [1.54, 1.807) is 54.6 Å². The largest absolute Gasteiger partial charge is 0.422 e. The molecular formula is C22H14BrCl2N3O4. The number of esters is 1. The average molecular weight is 535 g/mol. The number of ether oxygens (including phenoxy) is 1. The van der Waals surface area contributed by atoms with Gasteiger partial charge in [0.25, 0.3) is 0 Å². The summed E-state index contributed by atoms with van der Waals surface area (Å²) in [6.45, 7) is 0. The first kappa shape index (κ1) is 23.5. The van der Waals surface area contributed by atoms with Gasteiger partial charge in [0.05, 0.1) is 22.5 Å². The van der Waals surface area contributed by atoms with Gasteiger partial charge in [-0.25, -0.2) is 10.2 Å². The van der Waals surface area contributed by atoms with E-state index in [-0.39, 0.29) is 16.5 Å². The van der Waals surface area contributed by atoms with Crippen LogP contribution in [0.25, 0.3) is 0 Å². The maximum Gasteiger partial charge on any atom is 0.343 e. The molecule has 3 rings (SSSR count). The van der Waals surface area contributed by atoms with Gasteiger partial charge in [0.1, 0.15) is 5.75 Å². The van der Waals surface area contributed by atoms with Gasteiger partial charge in [-0.05, 0) is 48.5 Å². The lowest BCUT2D eigenvalue weighted by Crippen LogP contribution is -2.32. The molecule has 2 amide bonds. The van der Waals surface area contributed by atoms with E-state index in [1.807, 2.05) is 0 Å². The lowest BCUT2D eigenvalue weighted by atomic mass is 10.2. The number of nitrogens with one attached hydrogen (secondary N) is 2. The van der Waals surface area contributed by atoms with Crippen LogP contribution in [-0.2, 0) is 9.59 Å². The van der Waals surface area contributed by atoms with E-state index in [1.165, 1.54) is 18.3 Å². The molecule has 7 nitrogen and oxygen atoms in total. The fraction of sp³-hybridized carbons (Fsp3) is 0. The van der Waals surface area contributed by atoms with Gasteiger partial charge in [-0.2, -0.15) is 5.10 Å². The zero-order chi connectivity index (χ0) is 23.1. The van der Waals surface area contributed by atoms with Crippen LogP contribution in [0.1, 0.15) is 15.9 Å². The second-order valence-corrected chi connectivity index (χ2v) is 7.97. The highest BCUT2D eigenvalue weighted by molar-refractivity contribution is 9.10. The lowest BCUT2D eigenvalue weighted by molar-refractivity contribution is -0.136. The van der Waals surface area contributed by atoms with Crippen LogP contribution in [-0.4, -0.2) is 24.0 Å². The molecule has 0 aliphatic rings. The fourth-order valence-corrected chi connectivity index (χ4v) is 3.15. The molecule has 0 heterocycles. The zero-order valence-electron chi connectivity index (χ0n) is 16.1. The molecule has 0 saturated heterocycles. The summed E-state index contributed by atoms with van der Waals surface area (Å²) >= 11 is 15.2.